The summed E-state index contributed by atoms with van der Waals surface area (Å²) in [7, 11) is 0. The zero-order valence-electron chi connectivity index (χ0n) is 12.3. The normalized spacial score (nSPS) is 21.8. The monoisotopic (exact) mass is 326 g/mol. The number of nitrogens with one attached hydrogen (secondary N) is 2. The van der Waals surface area contributed by atoms with Crippen molar-refractivity contribution in [2.45, 2.75) is 43.0 Å². The van der Waals surface area contributed by atoms with Crippen LogP contribution in [0.15, 0.2) is 17.0 Å². The van der Waals surface area contributed by atoms with Crippen LogP contribution < -0.4 is 10.6 Å². The third-order valence-corrected chi connectivity index (χ3v) is 5.60. The van der Waals surface area contributed by atoms with Crippen molar-refractivity contribution >= 4 is 34.1 Å². The number of amides is 1. The number of hydrogen-bond acceptors (Lipinski definition) is 6. The first kappa shape index (κ1) is 16.3. The predicted octanol–water partition coefficient (Wildman–Crippen LogP) is 2.92. The minimum Gasteiger partial charge on any atom is -0.357 e. The highest BCUT2D eigenvalue weighted by molar-refractivity contribution is 8.01. The molecule has 1 amide bonds. The minimum atomic E-state index is 0.0922. The summed E-state index contributed by atoms with van der Waals surface area (Å²) in [6.07, 6.45) is 6.59. The molecule has 1 fully saturated rings. The first-order valence-electron chi connectivity index (χ1n) is 7.29. The van der Waals surface area contributed by atoms with E-state index >= 15 is 0 Å². The number of hydrogen-bond donors (Lipinski definition) is 2. The Morgan fingerprint density at radius 3 is 3.05 bits per heavy atom. The van der Waals surface area contributed by atoms with Crippen LogP contribution >= 0.6 is 23.1 Å². The van der Waals surface area contributed by atoms with Crippen LogP contribution in [0, 0.1) is 5.92 Å². The van der Waals surface area contributed by atoms with E-state index in [0.29, 0.717) is 24.3 Å². The van der Waals surface area contributed by atoms with Gasteiger partial charge >= 0.3 is 0 Å². The largest absolute Gasteiger partial charge is 0.357 e. The first-order chi connectivity index (χ1) is 10.2. The fourth-order valence-electron chi connectivity index (χ4n) is 2.41. The van der Waals surface area contributed by atoms with Crippen molar-refractivity contribution < 1.29 is 4.79 Å². The second-order valence-corrected chi connectivity index (χ2v) is 7.47. The Kier molecular flexibility index (Phi) is 6.50. The maximum Gasteiger partial charge on any atom is 0.230 e. The van der Waals surface area contributed by atoms with Crippen molar-refractivity contribution in [3.8, 4) is 0 Å². The molecule has 1 heterocycles. The lowest BCUT2D eigenvalue weighted by molar-refractivity contribution is -0.119. The average Bonchev–Trinajstić information content (AvgIpc) is 2.93. The van der Waals surface area contributed by atoms with E-state index in [1.54, 1.807) is 6.08 Å². The number of thioether (sulfide) groups is 1. The van der Waals surface area contributed by atoms with Crippen LogP contribution in [0.4, 0.5) is 5.13 Å². The van der Waals surface area contributed by atoms with E-state index in [9.17, 15) is 4.79 Å². The maximum atomic E-state index is 12.0. The van der Waals surface area contributed by atoms with Crippen molar-refractivity contribution in [3.63, 3.8) is 0 Å². The summed E-state index contributed by atoms with van der Waals surface area (Å²) in [6.45, 7) is 6.53. The van der Waals surface area contributed by atoms with Gasteiger partial charge in [0.05, 0.1) is 5.75 Å². The molecule has 2 rings (SSSR count). The number of carbonyl (C=O) groups is 1. The Morgan fingerprint density at radius 2 is 2.29 bits per heavy atom. The Hall–Kier alpha value is -1.08. The average molecular weight is 326 g/mol. The van der Waals surface area contributed by atoms with E-state index in [4.69, 9.17) is 0 Å². The SMILES string of the molecule is C=CCNc1nnc(SCC(=O)N[C@H]2CCCC[C@@H]2C)s1. The molecule has 5 nitrogen and oxygen atoms in total. The third kappa shape index (κ3) is 5.32. The second-order valence-electron chi connectivity index (χ2n) is 5.27. The molecule has 116 valence electrons. The van der Waals surface area contributed by atoms with E-state index in [0.717, 1.165) is 15.9 Å². The molecule has 7 heteroatoms. The fourth-order valence-corrected chi connectivity index (χ4v) is 3.98. The van der Waals surface area contributed by atoms with E-state index < -0.39 is 0 Å². The number of aromatic nitrogens is 2. The molecule has 1 aromatic rings. The smallest absolute Gasteiger partial charge is 0.230 e. The van der Waals surface area contributed by atoms with Crippen molar-refractivity contribution in [1.82, 2.24) is 15.5 Å². The summed E-state index contributed by atoms with van der Waals surface area (Å²) in [5, 5.41) is 15.1. The molecule has 0 bridgehead atoms. The van der Waals surface area contributed by atoms with Gasteiger partial charge in [-0.1, -0.05) is 48.9 Å². The van der Waals surface area contributed by atoms with Crippen LogP contribution in [0.1, 0.15) is 32.6 Å². The highest BCUT2D eigenvalue weighted by atomic mass is 32.2. The number of rotatable bonds is 7. The van der Waals surface area contributed by atoms with Gasteiger partial charge in [0.1, 0.15) is 0 Å². The van der Waals surface area contributed by atoms with Crippen LogP contribution in [0.2, 0.25) is 0 Å². The van der Waals surface area contributed by atoms with Gasteiger partial charge in [0, 0.05) is 12.6 Å². The topological polar surface area (TPSA) is 66.9 Å². The molecular weight excluding hydrogens is 304 g/mol. The van der Waals surface area contributed by atoms with Gasteiger partial charge in [-0.15, -0.1) is 16.8 Å². The van der Waals surface area contributed by atoms with E-state index in [1.165, 1.54) is 42.4 Å². The lowest BCUT2D eigenvalue weighted by Gasteiger charge is -2.29. The first-order valence-corrected chi connectivity index (χ1v) is 9.09. The van der Waals surface area contributed by atoms with E-state index in [-0.39, 0.29) is 5.91 Å². The molecule has 2 N–H and O–H groups in total. The van der Waals surface area contributed by atoms with Crippen molar-refractivity contribution in [3.05, 3.63) is 12.7 Å². The quantitative estimate of drug-likeness (QED) is 0.596. The highest BCUT2D eigenvalue weighted by Gasteiger charge is 2.22. The number of anilines is 1. The zero-order valence-corrected chi connectivity index (χ0v) is 13.9. The van der Waals surface area contributed by atoms with Gasteiger partial charge in [-0.05, 0) is 18.8 Å². The summed E-state index contributed by atoms with van der Waals surface area (Å²) >= 11 is 2.90. The lowest BCUT2D eigenvalue weighted by atomic mass is 9.86. The van der Waals surface area contributed by atoms with E-state index in [2.05, 4.69) is 34.3 Å². The molecule has 21 heavy (non-hydrogen) atoms. The molecule has 1 aliphatic carbocycles. The number of nitrogens with zero attached hydrogens (tertiary/aromatic N) is 2. The molecule has 0 radical (unpaired) electrons. The molecule has 0 aliphatic heterocycles. The molecule has 0 aromatic carbocycles. The Morgan fingerprint density at radius 1 is 1.48 bits per heavy atom. The van der Waals surface area contributed by atoms with Crippen molar-refractivity contribution in [1.29, 1.82) is 0 Å². The van der Waals surface area contributed by atoms with Crippen LogP contribution in [-0.4, -0.2) is 34.4 Å². The summed E-state index contributed by atoms with van der Waals surface area (Å²) in [5.74, 6) is 1.08. The molecule has 0 saturated heterocycles. The summed E-state index contributed by atoms with van der Waals surface area (Å²) in [4.78, 5) is 12.0. The summed E-state index contributed by atoms with van der Waals surface area (Å²) < 4.78 is 0.813. The maximum absolute atomic E-state index is 12.0. The Bertz CT molecular complexity index is 477. The van der Waals surface area contributed by atoms with Gasteiger partial charge in [0.2, 0.25) is 11.0 Å². The van der Waals surface area contributed by atoms with Crippen molar-refractivity contribution in [2.24, 2.45) is 5.92 Å². The zero-order chi connectivity index (χ0) is 15.1. The number of carbonyl (C=O) groups excluding carboxylic acids is 1. The summed E-state index contributed by atoms with van der Waals surface area (Å²) in [6, 6.07) is 0.339. The third-order valence-electron chi connectivity index (χ3n) is 3.59. The molecular formula is C14H22N4OS2. The molecule has 2 atom stereocenters. The standard InChI is InChI=1S/C14H22N4OS2/c1-3-8-15-13-17-18-14(21-13)20-9-12(19)16-11-7-5-4-6-10(11)2/h3,10-11H,1,4-9H2,2H3,(H,15,17)(H,16,19)/t10-,11-/m0/s1. The van der Waals surface area contributed by atoms with Gasteiger partial charge in [-0.25, -0.2) is 0 Å². The predicted molar refractivity (Wildman–Crippen MR) is 88.9 cm³/mol. The summed E-state index contributed by atoms with van der Waals surface area (Å²) in [5.41, 5.74) is 0. The van der Waals surface area contributed by atoms with Crippen molar-refractivity contribution in [2.75, 3.05) is 17.6 Å². The van der Waals surface area contributed by atoms with Gasteiger partial charge in [-0.3, -0.25) is 4.79 Å². The second kappa shape index (κ2) is 8.38. The minimum absolute atomic E-state index is 0.0922. The van der Waals surface area contributed by atoms with Crippen LogP contribution in [0.5, 0.6) is 0 Å². The molecule has 1 aliphatic rings. The van der Waals surface area contributed by atoms with Crippen LogP contribution in [0.3, 0.4) is 0 Å². The van der Waals surface area contributed by atoms with Gasteiger partial charge < -0.3 is 10.6 Å². The van der Waals surface area contributed by atoms with Gasteiger partial charge in [0.25, 0.3) is 0 Å². The molecule has 0 unspecified atom stereocenters. The highest BCUT2D eigenvalue weighted by Crippen LogP contribution is 2.26. The molecule has 0 spiro atoms. The lowest BCUT2D eigenvalue weighted by Crippen LogP contribution is -2.41. The Labute approximate surface area is 134 Å². The molecule has 1 saturated carbocycles. The van der Waals surface area contributed by atoms with Gasteiger partial charge in [0.15, 0.2) is 4.34 Å². The fraction of sp³-hybridized carbons (Fsp3) is 0.643. The van der Waals surface area contributed by atoms with Crippen LogP contribution in [0.25, 0.3) is 0 Å². The van der Waals surface area contributed by atoms with Gasteiger partial charge in [-0.2, -0.15) is 0 Å². The Balaban J connectivity index is 1.73. The van der Waals surface area contributed by atoms with Crippen LogP contribution in [-0.2, 0) is 4.79 Å². The molecule has 1 aromatic heterocycles. The van der Waals surface area contributed by atoms with E-state index in [1.807, 2.05) is 0 Å².